The van der Waals surface area contributed by atoms with Gasteiger partial charge in [0.2, 0.25) is 0 Å². The van der Waals surface area contributed by atoms with Crippen LogP contribution in [0, 0.1) is 13.8 Å². The molecule has 9 heteroatoms. The molecule has 0 saturated heterocycles. The molecule has 0 aliphatic carbocycles. The van der Waals surface area contributed by atoms with Gasteiger partial charge in [0.1, 0.15) is 0 Å². The van der Waals surface area contributed by atoms with Gasteiger partial charge in [-0.3, -0.25) is 10.1 Å². The van der Waals surface area contributed by atoms with Crippen molar-refractivity contribution in [3.05, 3.63) is 47.2 Å². The van der Waals surface area contributed by atoms with Crippen molar-refractivity contribution < 1.29 is 23.6 Å². The summed E-state index contributed by atoms with van der Waals surface area (Å²) in [5.41, 5.74) is 3.21. The maximum absolute atomic E-state index is 12.6. The SMILES string of the molecule is CNC(=O)NC(=O)COC(=O)c1cc(-c2ccc(C)cc2)nc2onc(C)c12. The van der Waals surface area contributed by atoms with E-state index in [1.165, 1.54) is 7.05 Å². The van der Waals surface area contributed by atoms with Gasteiger partial charge in [0, 0.05) is 12.6 Å². The Morgan fingerprint density at radius 1 is 1.14 bits per heavy atom. The minimum atomic E-state index is -0.751. The lowest BCUT2D eigenvalue weighted by Crippen LogP contribution is -2.39. The Kier molecular flexibility index (Phi) is 5.35. The van der Waals surface area contributed by atoms with Crippen molar-refractivity contribution in [2.75, 3.05) is 13.7 Å². The number of imide groups is 1. The van der Waals surface area contributed by atoms with E-state index in [1.54, 1.807) is 13.0 Å². The number of ether oxygens (including phenoxy) is 1. The van der Waals surface area contributed by atoms with Crippen LogP contribution in [-0.2, 0) is 9.53 Å². The summed E-state index contributed by atoms with van der Waals surface area (Å²) >= 11 is 0. The molecule has 1 aromatic carbocycles. The number of pyridine rings is 1. The molecule has 0 saturated carbocycles. The van der Waals surface area contributed by atoms with E-state index in [4.69, 9.17) is 9.26 Å². The van der Waals surface area contributed by atoms with Crippen molar-refractivity contribution in [3.63, 3.8) is 0 Å². The maximum Gasteiger partial charge on any atom is 0.339 e. The van der Waals surface area contributed by atoms with Crippen molar-refractivity contribution in [2.24, 2.45) is 0 Å². The van der Waals surface area contributed by atoms with Crippen molar-refractivity contribution in [3.8, 4) is 11.3 Å². The van der Waals surface area contributed by atoms with E-state index in [1.807, 2.05) is 36.5 Å². The van der Waals surface area contributed by atoms with Gasteiger partial charge in [-0.15, -0.1) is 0 Å². The Balaban J connectivity index is 1.91. The number of esters is 1. The molecule has 2 N–H and O–H groups in total. The number of benzene rings is 1. The van der Waals surface area contributed by atoms with Gasteiger partial charge in [-0.2, -0.15) is 0 Å². The van der Waals surface area contributed by atoms with Crippen molar-refractivity contribution in [1.82, 2.24) is 20.8 Å². The van der Waals surface area contributed by atoms with E-state index in [0.717, 1.165) is 11.1 Å². The average molecular weight is 382 g/mol. The number of amides is 3. The molecule has 3 amide bonds. The van der Waals surface area contributed by atoms with Crippen molar-refractivity contribution in [1.29, 1.82) is 0 Å². The molecule has 0 atom stereocenters. The summed E-state index contributed by atoms with van der Waals surface area (Å²) in [6.45, 7) is 3.03. The second kappa shape index (κ2) is 7.87. The molecule has 0 aliphatic rings. The number of carbonyl (C=O) groups excluding carboxylic acids is 3. The number of hydrogen-bond acceptors (Lipinski definition) is 7. The van der Waals surface area contributed by atoms with Gasteiger partial charge < -0.3 is 14.6 Å². The smallest absolute Gasteiger partial charge is 0.339 e. The van der Waals surface area contributed by atoms with Crippen molar-refractivity contribution in [2.45, 2.75) is 13.8 Å². The number of hydrogen-bond donors (Lipinski definition) is 2. The molecule has 9 nitrogen and oxygen atoms in total. The number of rotatable bonds is 4. The number of aryl methyl sites for hydroxylation is 2. The summed E-state index contributed by atoms with van der Waals surface area (Å²) in [6, 6.07) is 8.47. The summed E-state index contributed by atoms with van der Waals surface area (Å²) in [5, 5.41) is 8.51. The number of urea groups is 1. The normalized spacial score (nSPS) is 10.5. The zero-order valence-electron chi connectivity index (χ0n) is 15.5. The second-order valence-electron chi connectivity index (χ2n) is 6.07. The lowest BCUT2D eigenvalue weighted by Gasteiger charge is -2.08. The van der Waals surface area contributed by atoms with Crippen LogP contribution in [0.5, 0.6) is 0 Å². The molecule has 3 rings (SSSR count). The van der Waals surface area contributed by atoms with Crippen LogP contribution in [-0.4, -0.2) is 41.7 Å². The Morgan fingerprint density at radius 3 is 2.54 bits per heavy atom. The molecule has 2 heterocycles. The van der Waals surface area contributed by atoms with E-state index < -0.39 is 24.5 Å². The summed E-state index contributed by atoms with van der Waals surface area (Å²) in [6.07, 6.45) is 0. The summed E-state index contributed by atoms with van der Waals surface area (Å²) in [7, 11) is 1.36. The molecule has 0 fully saturated rings. The quantitative estimate of drug-likeness (QED) is 0.662. The fraction of sp³-hybridized carbons (Fsp3) is 0.211. The van der Waals surface area contributed by atoms with Gasteiger partial charge in [-0.25, -0.2) is 14.6 Å². The largest absolute Gasteiger partial charge is 0.452 e. The van der Waals surface area contributed by atoms with E-state index in [2.05, 4.69) is 15.5 Å². The number of fused-ring (bicyclic) bond motifs is 1. The molecule has 0 radical (unpaired) electrons. The highest BCUT2D eigenvalue weighted by Gasteiger charge is 2.21. The van der Waals surface area contributed by atoms with E-state index in [9.17, 15) is 14.4 Å². The first kappa shape index (κ1) is 19.0. The first-order chi connectivity index (χ1) is 13.4. The van der Waals surface area contributed by atoms with Crippen LogP contribution < -0.4 is 10.6 Å². The van der Waals surface area contributed by atoms with Gasteiger partial charge in [-0.05, 0) is 19.9 Å². The minimum Gasteiger partial charge on any atom is -0.452 e. The molecule has 0 spiro atoms. The third-order valence-electron chi connectivity index (χ3n) is 4.00. The topological polar surface area (TPSA) is 123 Å². The highest BCUT2D eigenvalue weighted by Crippen LogP contribution is 2.27. The molecule has 2 aromatic heterocycles. The van der Waals surface area contributed by atoms with E-state index >= 15 is 0 Å². The molecule has 144 valence electrons. The van der Waals surface area contributed by atoms with Crippen LogP contribution in [0.4, 0.5) is 4.79 Å². The van der Waals surface area contributed by atoms with Gasteiger partial charge in [-0.1, -0.05) is 35.0 Å². The third kappa shape index (κ3) is 3.98. The van der Waals surface area contributed by atoms with Crippen LogP contribution in [0.1, 0.15) is 21.6 Å². The highest BCUT2D eigenvalue weighted by molar-refractivity contribution is 6.05. The monoisotopic (exact) mass is 382 g/mol. The van der Waals surface area contributed by atoms with Gasteiger partial charge in [0.05, 0.1) is 22.3 Å². The van der Waals surface area contributed by atoms with E-state index in [-0.39, 0.29) is 11.3 Å². The van der Waals surface area contributed by atoms with Gasteiger partial charge in [0.25, 0.3) is 11.6 Å². The number of nitrogens with one attached hydrogen (secondary N) is 2. The number of nitrogens with zero attached hydrogens (tertiary/aromatic N) is 2. The molecule has 0 aliphatic heterocycles. The Hall–Kier alpha value is -3.75. The van der Waals surface area contributed by atoms with Crippen LogP contribution >= 0.6 is 0 Å². The molecule has 28 heavy (non-hydrogen) atoms. The van der Waals surface area contributed by atoms with Gasteiger partial charge >= 0.3 is 12.0 Å². The highest BCUT2D eigenvalue weighted by atomic mass is 16.5. The Morgan fingerprint density at radius 2 is 1.86 bits per heavy atom. The Bertz CT molecular complexity index is 1060. The van der Waals surface area contributed by atoms with E-state index in [0.29, 0.717) is 16.8 Å². The maximum atomic E-state index is 12.6. The first-order valence-electron chi connectivity index (χ1n) is 8.41. The summed E-state index contributed by atoms with van der Waals surface area (Å²) in [5.74, 6) is -1.50. The average Bonchev–Trinajstić information content (AvgIpc) is 3.06. The fourth-order valence-corrected chi connectivity index (χ4v) is 2.56. The lowest BCUT2D eigenvalue weighted by molar-refractivity contribution is -0.123. The molecular weight excluding hydrogens is 364 g/mol. The molecular formula is C19H18N4O5. The zero-order valence-corrected chi connectivity index (χ0v) is 15.5. The third-order valence-corrected chi connectivity index (χ3v) is 4.00. The number of carbonyl (C=O) groups is 3. The van der Waals surface area contributed by atoms with Crippen LogP contribution in [0.2, 0.25) is 0 Å². The molecule has 0 bridgehead atoms. The molecule has 3 aromatic rings. The van der Waals surface area contributed by atoms with Crippen LogP contribution in [0.3, 0.4) is 0 Å². The van der Waals surface area contributed by atoms with Crippen LogP contribution in [0.25, 0.3) is 22.4 Å². The number of aromatic nitrogens is 2. The Labute approximate surface area is 160 Å². The fourth-order valence-electron chi connectivity index (χ4n) is 2.56. The summed E-state index contributed by atoms with van der Waals surface area (Å²) in [4.78, 5) is 39.8. The zero-order chi connectivity index (χ0) is 20.3. The predicted molar refractivity (Wildman–Crippen MR) is 99.6 cm³/mol. The van der Waals surface area contributed by atoms with Crippen molar-refractivity contribution >= 4 is 29.0 Å². The van der Waals surface area contributed by atoms with Crippen LogP contribution in [0.15, 0.2) is 34.9 Å². The van der Waals surface area contributed by atoms with Gasteiger partial charge in [0.15, 0.2) is 6.61 Å². The minimum absolute atomic E-state index is 0.173. The first-order valence-corrected chi connectivity index (χ1v) is 8.41. The summed E-state index contributed by atoms with van der Waals surface area (Å²) < 4.78 is 10.3. The molecule has 0 unspecified atom stereocenters. The standard InChI is InChI=1S/C19H18N4O5/c1-10-4-6-12(7-5-10)14-8-13(16-11(2)23-28-17(16)21-14)18(25)27-9-15(24)22-19(26)20-3/h4-8H,9H2,1-3H3,(H2,20,22,24,26). The predicted octanol–water partition coefficient (Wildman–Crippen LogP) is 2.12. The lowest BCUT2D eigenvalue weighted by atomic mass is 10.0. The second-order valence-corrected chi connectivity index (χ2v) is 6.07.